The van der Waals surface area contributed by atoms with Crippen molar-refractivity contribution in [2.45, 2.75) is 44.9 Å². The molecule has 0 spiro atoms. The zero-order chi connectivity index (χ0) is 9.97. The predicted octanol–water partition coefficient (Wildman–Crippen LogP) is 0.848. The summed E-state index contributed by atoms with van der Waals surface area (Å²) in [5.41, 5.74) is 0. The van der Waals surface area contributed by atoms with Gasteiger partial charge in [-0.1, -0.05) is 0 Å². The number of nitrogens with one attached hydrogen (secondary N) is 1. The minimum absolute atomic E-state index is 0.479. The highest BCUT2D eigenvalue weighted by atomic mass is 16.5. The Bertz CT molecular complexity index is 178. The minimum atomic E-state index is 0.479. The standard InChI is InChI=1S/C11H22N2O/c1-9(2)13-6-4-11(8-13)14-10-3-5-12-7-10/h9-12H,3-8H2,1-2H3. The molecule has 0 aromatic carbocycles. The molecule has 82 valence electrons. The van der Waals surface area contributed by atoms with Crippen molar-refractivity contribution in [2.24, 2.45) is 0 Å². The van der Waals surface area contributed by atoms with E-state index in [1.165, 1.54) is 19.4 Å². The predicted molar refractivity (Wildman–Crippen MR) is 57.5 cm³/mol. The van der Waals surface area contributed by atoms with Crippen molar-refractivity contribution in [2.75, 3.05) is 26.2 Å². The molecule has 2 aliphatic heterocycles. The van der Waals surface area contributed by atoms with Crippen LogP contribution in [0.1, 0.15) is 26.7 Å². The van der Waals surface area contributed by atoms with Crippen molar-refractivity contribution in [1.29, 1.82) is 0 Å². The molecule has 0 radical (unpaired) electrons. The molecule has 0 aliphatic carbocycles. The molecule has 2 rings (SSSR count). The second-order valence-corrected chi connectivity index (χ2v) is 4.75. The fraction of sp³-hybridized carbons (Fsp3) is 1.00. The summed E-state index contributed by atoms with van der Waals surface area (Å²) in [6.45, 7) is 9.05. The molecule has 2 unspecified atom stereocenters. The fourth-order valence-corrected chi connectivity index (χ4v) is 2.35. The largest absolute Gasteiger partial charge is 0.372 e. The summed E-state index contributed by atoms with van der Waals surface area (Å²) >= 11 is 0. The van der Waals surface area contributed by atoms with Gasteiger partial charge in [0, 0.05) is 25.7 Å². The Balaban J connectivity index is 1.72. The Labute approximate surface area is 86.8 Å². The van der Waals surface area contributed by atoms with E-state index in [-0.39, 0.29) is 0 Å². The molecule has 0 bridgehead atoms. The van der Waals surface area contributed by atoms with E-state index in [2.05, 4.69) is 24.1 Å². The van der Waals surface area contributed by atoms with Crippen LogP contribution >= 0.6 is 0 Å². The van der Waals surface area contributed by atoms with E-state index in [4.69, 9.17) is 4.74 Å². The first-order chi connectivity index (χ1) is 6.75. The zero-order valence-electron chi connectivity index (χ0n) is 9.33. The molecular formula is C11H22N2O. The highest BCUT2D eigenvalue weighted by Gasteiger charge is 2.27. The maximum atomic E-state index is 6.05. The number of hydrogen-bond acceptors (Lipinski definition) is 3. The molecule has 14 heavy (non-hydrogen) atoms. The highest BCUT2D eigenvalue weighted by Crippen LogP contribution is 2.18. The summed E-state index contributed by atoms with van der Waals surface area (Å²) in [6.07, 6.45) is 3.38. The third-order valence-corrected chi connectivity index (χ3v) is 3.31. The van der Waals surface area contributed by atoms with Crippen LogP contribution < -0.4 is 5.32 Å². The van der Waals surface area contributed by atoms with Gasteiger partial charge in [0.1, 0.15) is 0 Å². The van der Waals surface area contributed by atoms with Crippen LogP contribution in [0.15, 0.2) is 0 Å². The SMILES string of the molecule is CC(C)N1CCC(OC2CCNC2)C1. The number of likely N-dealkylation sites (tertiary alicyclic amines) is 1. The number of hydrogen-bond donors (Lipinski definition) is 1. The van der Waals surface area contributed by atoms with Gasteiger partial charge in [-0.15, -0.1) is 0 Å². The molecule has 2 heterocycles. The van der Waals surface area contributed by atoms with Crippen LogP contribution in [0.5, 0.6) is 0 Å². The Hall–Kier alpha value is -0.120. The summed E-state index contributed by atoms with van der Waals surface area (Å²) in [7, 11) is 0. The lowest BCUT2D eigenvalue weighted by atomic mass is 10.3. The first-order valence-corrected chi connectivity index (χ1v) is 5.86. The molecule has 2 aliphatic rings. The molecule has 0 aromatic heterocycles. The van der Waals surface area contributed by atoms with Gasteiger partial charge in [0.25, 0.3) is 0 Å². The lowest BCUT2D eigenvalue weighted by Gasteiger charge is -2.21. The van der Waals surface area contributed by atoms with E-state index in [1.54, 1.807) is 0 Å². The second-order valence-electron chi connectivity index (χ2n) is 4.75. The summed E-state index contributed by atoms with van der Waals surface area (Å²) in [4.78, 5) is 2.51. The third-order valence-electron chi connectivity index (χ3n) is 3.31. The maximum absolute atomic E-state index is 6.05. The van der Waals surface area contributed by atoms with Crippen molar-refractivity contribution in [3.8, 4) is 0 Å². The van der Waals surface area contributed by atoms with Gasteiger partial charge in [0.15, 0.2) is 0 Å². The van der Waals surface area contributed by atoms with Crippen LogP contribution in [0, 0.1) is 0 Å². The van der Waals surface area contributed by atoms with Crippen molar-refractivity contribution < 1.29 is 4.74 Å². The lowest BCUT2D eigenvalue weighted by Crippen LogP contribution is -2.31. The van der Waals surface area contributed by atoms with Crippen LogP contribution in [-0.2, 0) is 4.74 Å². The van der Waals surface area contributed by atoms with Gasteiger partial charge in [0.05, 0.1) is 12.2 Å². The monoisotopic (exact) mass is 198 g/mol. The summed E-state index contributed by atoms with van der Waals surface area (Å²) in [5, 5.41) is 3.34. The van der Waals surface area contributed by atoms with Crippen LogP contribution in [0.4, 0.5) is 0 Å². The molecule has 3 heteroatoms. The van der Waals surface area contributed by atoms with E-state index in [9.17, 15) is 0 Å². The minimum Gasteiger partial charge on any atom is -0.372 e. The van der Waals surface area contributed by atoms with Gasteiger partial charge in [-0.05, 0) is 33.2 Å². The van der Waals surface area contributed by atoms with Crippen molar-refractivity contribution in [3.05, 3.63) is 0 Å². The van der Waals surface area contributed by atoms with Gasteiger partial charge in [-0.3, -0.25) is 4.90 Å². The summed E-state index contributed by atoms with van der Waals surface area (Å²) in [5.74, 6) is 0. The maximum Gasteiger partial charge on any atom is 0.0718 e. The lowest BCUT2D eigenvalue weighted by molar-refractivity contribution is 0.00355. The molecule has 1 N–H and O–H groups in total. The first kappa shape index (κ1) is 10.4. The van der Waals surface area contributed by atoms with Gasteiger partial charge < -0.3 is 10.1 Å². The van der Waals surface area contributed by atoms with Crippen molar-refractivity contribution in [3.63, 3.8) is 0 Å². The van der Waals surface area contributed by atoms with Gasteiger partial charge >= 0.3 is 0 Å². The topological polar surface area (TPSA) is 24.5 Å². The van der Waals surface area contributed by atoms with E-state index < -0.39 is 0 Å². The van der Waals surface area contributed by atoms with Crippen molar-refractivity contribution >= 4 is 0 Å². The Morgan fingerprint density at radius 1 is 1.29 bits per heavy atom. The van der Waals surface area contributed by atoms with Gasteiger partial charge in [-0.25, -0.2) is 0 Å². The average Bonchev–Trinajstić information content (AvgIpc) is 2.75. The molecule has 0 amide bonds. The molecule has 0 aromatic rings. The third kappa shape index (κ3) is 2.47. The van der Waals surface area contributed by atoms with Crippen LogP contribution in [0.25, 0.3) is 0 Å². The molecule has 0 saturated carbocycles. The second kappa shape index (κ2) is 4.60. The molecular weight excluding hydrogens is 176 g/mol. The molecule has 3 nitrogen and oxygen atoms in total. The fourth-order valence-electron chi connectivity index (χ4n) is 2.35. The van der Waals surface area contributed by atoms with Crippen LogP contribution in [0.3, 0.4) is 0 Å². The normalized spacial score (nSPS) is 34.5. The van der Waals surface area contributed by atoms with Crippen LogP contribution in [0.2, 0.25) is 0 Å². The molecule has 2 fully saturated rings. The van der Waals surface area contributed by atoms with Gasteiger partial charge in [0.2, 0.25) is 0 Å². The Kier molecular flexibility index (Phi) is 3.42. The molecule has 2 atom stereocenters. The highest BCUT2D eigenvalue weighted by molar-refractivity contribution is 4.81. The van der Waals surface area contributed by atoms with Crippen LogP contribution in [-0.4, -0.2) is 49.3 Å². The van der Waals surface area contributed by atoms with E-state index >= 15 is 0 Å². The molecule has 2 saturated heterocycles. The van der Waals surface area contributed by atoms with Gasteiger partial charge in [-0.2, -0.15) is 0 Å². The average molecular weight is 198 g/mol. The van der Waals surface area contributed by atoms with E-state index in [0.29, 0.717) is 18.2 Å². The Morgan fingerprint density at radius 3 is 2.71 bits per heavy atom. The quantitative estimate of drug-likeness (QED) is 0.727. The number of ether oxygens (including phenoxy) is 1. The van der Waals surface area contributed by atoms with Crippen molar-refractivity contribution in [1.82, 2.24) is 10.2 Å². The number of nitrogens with zero attached hydrogens (tertiary/aromatic N) is 1. The first-order valence-electron chi connectivity index (χ1n) is 5.86. The van der Waals surface area contributed by atoms with E-state index in [0.717, 1.165) is 19.6 Å². The Morgan fingerprint density at radius 2 is 2.14 bits per heavy atom. The zero-order valence-corrected chi connectivity index (χ0v) is 9.33. The van der Waals surface area contributed by atoms with E-state index in [1.807, 2.05) is 0 Å². The smallest absolute Gasteiger partial charge is 0.0718 e. The summed E-state index contributed by atoms with van der Waals surface area (Å²) in [6, 6.07) is 0.672. The summed E-state index contributed by atoms with van der Waals surface area (Å²) < 4.78 is 6.05. The number of rotatable bonds is 3.